The highest BCUT2D eigenvalue weighted by atomic mass is 14.9. The predicted molar refractivity (Wildman–Crippen MR) is 162 cm³/mol. The van der Waals surface area contributed by atoms with Gasteiger partial charge in [-0.1, -0.05) is 101 Å². The van der Waals surface area contributed by atoms with Crippen LogP contribution in [0.1, 0.15) is 51.3 Å². The standard InChI is InChI=1S/C22H18N2.C5H8N2.C4H8.C2H6/c1-23-22-16-9-4-3-8-15(16)21-17(10-6-11-18(21)22)20-13-14-7-2-5-12-19(14)24-20;1-4-2-3-7-5(4)6;1-3-4-2;1-2/h2-13,22-24H,1H3;2-4H,1H3,(H2,6,7);3H,1,4H2,2H3;1-2H3. The molecule has 4 nitrogen and oxygen atoms in total. The van der Waals surface area contributed by atoms with E-state index in [9.17, 15) is 0 Å². The van der Waals surface area contributed by atoms with Crippen LogP contribution in [0.3, 0.4) is 0 Å². The first-order valence-corrected chi connectivity index (χ1v) is 13.2. The second-order valence-electron chi connectivity index (χ2n) is 8.73. The SMILES string of the molecule is C=CCC.CC.CC1C=CN=C1N.CNC1c2ccccc2-c2c(-c3cc4ccccc4[nH]3)cccc21. The summed E-state index contributed by atoms with van der Waals surface area (Å²) in [5.41, 5.74) is 14.4. The summed E-state index contributed by atoms with van der Waals surface area (Å²) < 4.78 is 0. The van der Waals surface area contributed by atoms with Crippen molar-refractivity contribution in [3.8, 4) is 22.4 Å². The number of fused-ring (bicyclic) bond motifs is 4. The Labute approximate surface area is 222 Å². The summed E-state index contributed by atoms with van der Waals surface area (Å²) in [5.74, 6) is 1.08. The highest BCUT2D eigenvalue weighted by Gasteiger charge is 2.29. The number of hydrogen-bond acceptors (Lipinski definition) is 3. The van der Waals surface area contributed by atoms with Crippen molar-refractivity contribution in [1.29, 1.82) is 0 Å². The summed E-state index contributed by atoms with van der Waals surface area (Å²) in [7, 11) is 2.03. The van der Waals surface area contributed by atoms with E-state index in [1.165, 1.54) is 44.4 Å². The molecule has 2 aliphatic rings. The van der Waals surface area contributed by atoms with Crippen LogP contribution in [-0.2, 0) is 0 Å². The third kappa shape index (κ3) is 6.10. The summed E-state index contributed by atoms with van der Waals surface area (Å²) in [4.78, 5) is 7.42. The maximum absolute atomic E-state index is 5.37. The van der Waals surface area contributed by atoms with Gasteiger partial charge in [-0.25, -0.2) is 4.99 Å². The monoisotopic (exact) mass is 492 g/mol. The lowest BCUT2D eigenvalue weighted by atomic mass is 9.97. The molecule has 4 N–H and O–H groups in total. The molecule has 6 rings (SSSR count). The van der Waals surface area contributed by atoms with Gasteiger partial charge in [-0.05, 0) is 47.9 Å². The molecule has 4 heteroatoms. The van der Waals surface area contributed by atoms with Gasteiger partial charge in [0.05, 0.1) is 6.04 Å². The Bertz CT molecular complexity index is 1340. The minimum Gasteiger partial charge on any atom is -0.387 e. The molecule has 3 aromatic carbocycles. The van der Waals surface area contributed by atoms with Gasteiger partial charge >= 0.3 is 0 Å². The van der Waals surface area contributed by atoms with Gasteiger partial charge in [0.25, 0.3) is 0 Å². The number of aliphatic imine (C=N–C) groups is 1. The lowest BCUT2D eigenvalue weighted by molar-refractivity contribution is 0.708. The van der Waals surface area contributed by atoms with Crippen molar-refractivity contribution in [2.24, 2.45) is 16.6 Å². The van der Waals surface area contributed by atoms with Gasteiger partial charge in [-0.15, -0.1) is 6.58 Å². The number of rotatable bonds is 3. The van der Waals surface area contributed by atoms with E-state index in [0.29, 0.717) is 5.92 Å². The number of nitrogens with one attached hydrogen (secondary N) is 2. The number of aromatic amines is 1. The van der Waals surface area contributed by atoms with E-state index >= 15 is 0 Å². The second kappa shape index (κ2) is 13.4. The molecule has 0 fully saturated rings. The molecule has 0 spiro atoms. The number of nitrogens with two attached hydrogens (primary N) is 1. The first kappa shape index (κ1) is 27.7. The second-order valence-corrected chi connectivity index (χ2v) is 8.73. The van der Waals surface area contributed by atoms with Crippen LogP contribution in [0.5, 0.6) is 0 Å². The van der Waals surface area contributed by atoms with Gasteiger partial charge < -0.3 is 16.0 Å². The zero-order chi connectivity index (χ0) is 26.8. The van der Waals surface area contributed by atoms with E-state index in [1.54, 1.807) is 6.20 Å². The summed E-state index contributed by atoms with van der Waals surface area (Å²) in [6, 6.07) is 26.3. The fraction of sp³-hybridized carbons (Fsp3) is 0.242. The van der Waals surface area contributed by atoms with Crippen molar-refractivity contribution >= 4 is 16.7 Å². The number of H-pyrrole nitrogens is 1. The van der Waals surface area contributed by atoms with Gasteiger partial charge in [0.15, 0.2) is 0 Å². The summed E-state index contributed by atoms with van der Waals surface area (Å²) in [5, 5.41) is 4.72. The van der Waals surface area contributed by atoms with Crippen LogP contribution in [0.4, 0.5) is 0 Å². The molecule has 37 heavy (non-hydrogen) atoms. The molecule has 0 saturated carbocycles. The van der Waals surface area contributed by atoms with Crippen molar-refractivity contribution in [3.05, 3.63) is 109 Å². The van der Waals surface area contributed by atoms with E-state index in [0.717, 1.165) is 12.3 Å². The predicted octanol–water partition coefficient (Wildman–Crippen LogP) is 8.24. The number of allylic oxidation sites excluding steroid dienone is 1. The Morgan fingerprint density at radius 3 is 2.22 bits per heavy atom. The van der Waals surface area contributed by atoms with Crippen LogP contribution in [-0.4, -0.2) is 17.9 Å². The summed E-state index contributed by atoms with van der Waals surface area (Å²) in [6.07, 6.45) is 6.66. The number of nitrogens with zero attached hydrogens (tertiary/aromatic N) is 1. The maximum atomic E-state index is 5.37. The topological polar surface area (TPSA) is 66.2 Å². The highest BCUT2D eigenvalue weighted by Crippen LogP contribution is 2.47. The van der Waals surface area contributed by atoms with E-state index in [1.807, 2.05) is 40.0 Å². The molecule has 4 aromatic rings. The highest BCUT2D eigenvalue weighted by molar-refractivity contribution is 5.94. The largest absolute Gasteiger partial charge is 0.387 e. The minimum atomic E-state index is 0.264. The van der Waals surface area contributed by atoms with Crippen LogP contribution >= 0.6 is 0 Å². The fourth-order valence-electron chi connectivity index (χ4n) is 4.48. The van der Waals surface area contributed by atoms with Crippen LogP contribution in [0, 0.1) is 5.92 Å². The number of para-hydroxylation sites is 1. The molecule has 1 aromatic heterocycles. The van der Waals surface area contributed by atoms with Crippen molar-refractivity contribution < 1.29 is 0 Å². The van der Waals surface area contributed by atoms with Gasteiger partial charge in [0.2, 0.25) is 0 Å². The van der Waals surface area contributed by atoms with Crippen molar-refractivity contribution in [3.63, 3.8) is 0 Å². The van der Waals surface area contributed by atoms with Gasteiger partial charge in [0.1, 0.15) is 5.84 Å². The average Bonchev–Trinajstić information content (AvgIpc) is 3.65. The van der Waals surface area contributed by atoms with E-state index in [-0.39, 0.29) is 6.04 Å². The summed E-state index contributed by atoms with van der Waals surface area (Å²) >= 11 is 0. The number of hydrogen-bond donors (Lipinski definition) is 3. The average molecular weight is 493 g/mol. The van der Waals surface area contributed by atoms with Crippen LogP contribution in [0.15, 0.2) is 103 Å². The quantitative estimate of drug-likeness (QED) is 0.252. The van der Waals surface area contributed by atoms with Gasteiger partial charge in [0, 0.05) is 34.3 Å². The molecule has 192 valence electrons. The molecule has 0 bridgehead atoms. The third-order valence-corrected chi connectivity index (χ3v) is 6.41. The number of amidine groups is 1. The van der Waals surface area contributed by atoms with Crippen LogP contribution in [0.25, 0.3) is 33.3 Å². The number of benzene rings is 3. The van der Waals surface area contributed by atoms with Crippen molar-refractivity contribution in [2.45, 2.75) is 40.2 Å². The zero-order valence-corrected chi connectivity index (χ0v) is 22.8. The molecule has 0 radical (unpaired) electrons. The number of aromatic nitrogens is 1. The maximum Gasteiger partial charge on any atom is 0.106 e. The Hall–Kier alpha value is -3.89. The molecule has 2 atom stereocenters. The van der Waals surface area contributed by atoms with Crippen LogP contribution < -0.4 is 11.1 Å². The Kier molecular flexibility index (Phi) is 10.0. The van der Waals surface area contributed by atoms with Crippen molar-refractivity contribution in [1.82, 2.24) is 10.3 Å². The summed E-state index contributed by atoms with van der Waals surface area (Å²) in [6.45, 7) is 11.6. The molecule has 0 saturated heterocycles. The molecule has 2 unspecified atom stereocenters. The third-order valence-electron chi connectivity index (χ3n) is 6.41. The fourth-order valence-corrected chi connectivity index (χ4v) is 4.48. The first-order chi connectivity index (χ1) is 18.1. The molecule has 0 amide bonds. The van der Waals surface area contributed by atoms with Crippen molar-refractivity contribution in [2.75, 3.05) is 7.05 Å². The first-order valence-electron chi connectivity index (χ1n) is 13.2. The zero-order valence-electron chi connectivity index (χ0n) is 22.8. The molecular formula is C33H40N4. The Morgan fingerprint density at radius 2 is 1.62 bits per heavy atom. The molecule has 1 aliphatic heterocycles. The van der Waals surface area contributed by atoms with E-state index in [2.05, 4.69) is 102 Å². The smallest absolute Gasteiger partial charge is 0.106 e. The Balaban J connectivity index is 0.000000244. The molecular weight excluding hydrogens is 452 g/mol. The van der Waals surface area contributed by atoms with E-state index in [4.69, 9.17) is 5.73 Å². The lowest BCUT2D eigenvalue weighted by Crippen LogP contribution is -2.15. The lowest BCUT2D eigenvalue weighted by Gasteiger charge is -2.12. The normalized spacial score (nSPS) is 16.2. The van der Waals surface area contributed by atoms with E-state index < -0.39 is 0 Å². The van der Waals surface area contributed by atoms with Gasteiger partial charge in [-0.3, -0.25) is 0 Å². The van der Waals surface area contributed by atoms with Gasteiger partial charge in [-0.2, -0.15) is 0 Å². The Morgan fingerprint density at radius 1 is 0.973 bits per heavy atom. The molecule has 2 heterocycles. The minimum absolute atomic E-state index is 0.264. The van der Waals surface area contributed by atoms with Crippen LogP contribution in [0.2, 0.25) is 0 Å². The molecule has 1 aliphatic carbocycles.